The van der Waals surface area contributed by atoms with E-state index in [9.17, 15) is 4.79 Å². The second kappa shape index (κ2) is 7.92. The van der Waals surface area contributed by atoms with E-state index in [2.05, 4.69) is 22.0 Å². The standard InChI is InChI=1S/C20H20N4O2S/c1-14-11-24(18(25)13-27-16-5-3-2-4-6-16)12-17(14)20-22-19(23-26-20)15-7-9-21-10-8-15/h2-10,14,17H,11-13H2,1H3. The molecule has 3 aromatic rings. The van der Waals surface area contributed by atoms with E-state index in [-0.39, 0.29) is 17.7 Å². The van der Waals surface area contributed by atoms with Gasteiger partial charge in [0.05, 0.1) is 11.7 Å². The molecule has 1 amide bonds. The summed E-state index contributed by atoms with van der Waals surface area (Å²) < 4.78 is 5.51. The molecule has 0 N–H and O–H groups in total. The Balaban J connectivity index is 1.39. The summed E-state index contributed by atoms with van der Waals surface area (Å²) in [7, 11) is 0. The van der Waals surface area contributed by atoms with E-state index in [0.717, 1.165) is 10.5 Å². The Hall–Kier alpha value is -2.67. The Labute approximate surface area is 162 Å². The zero-order valence-electron chi connectivity index (χ0n) is 15.0. The van der Waals surface area contributed by atoms with E-state index in [1.807, 2.05) is 47.4 Å². The number of rotatable bonds is 5. The lowest BCUT2D eigenvalue weighted by Gasteiger charge is -2.15. The van der Waals surface area contributed by atoms with Crippen molar-refractivity contribution >= 4 is 17.7 Å². The van der Waals surface area contributed by atoms with Gasteiger partial charge in [-0.3, -0.25) is 9.78 Å². The van der Waals surface area contributed by atoms with Crippen molar-refractivity contribution in [2.75, 3.05) is 18.8 Å². The van der Waals surface area contributed by atoms with Crippen molar-refractivity contribution in [3.05, 3.63) is 60.7 Å². The highest BCUT2D eigenvalue weighted by atomic mass is 32.2. The number of hydrogen-bond acceptors (Lipinski definition) is 6. The third-order valence-electron chi connectivity index (χ3n) is 4.77. The smallest absolute Gasteiger partial charge is 0.232 e. The molecule has 0 aliphatic carbocycles. The fraction of sp³-hybridized carbons (Fsp3) is 0.300. The second-order valence-corrected chi connectivity index (χ2v) is 7.73. The molecule has 1 aromatic carbocycles. The van der Waals surface area contributed by atoms with Gasteiger partial charge in [0.25, 0.3) is 0 Å². The van der Waals surface area contributed by atoms with E-state index in [1.54, 1.807) is 24.2 Å². The van der Waals surface area contributed by atoms with Gasteiger partial charge in [-0.1, -0.05) is 30.3 Å². The first-order valence-corrected chi connectivity index (χ1v) is 9.89. The average Bonchev–Trinajstić information content (AvgIpc) is 3.34. The Morgan fingerprint density at radius 1 is 1.19 bits per heavy atom. The molecule has 0 spiro atoms. The fourth-order valence-electron chi connectivity index (χ4n) is 3.25. The molecule has 0 radical (unpaired) electrons. The highest BCUT2D eigenvalue weighted by molar-refractivity contribution is 8.00. The van der Waals surface area contributed by atoms with Crippen molar-refractivity contribution in [2.24, 2.45) is 5.92 Å². The lowest BCUT2D eigenvalue weighted by atomic mass is 9.98. The van der Waals surface area contributed by atoms with Crippen molar-refractivity contribution in [3.8, 4) is 11.4 Å². The number of hydrogen-bond donors (Lipinski definition) is 0. The van der Waals surface area contributed by atoms with Gasteiger partial charge < -0.3 is 9.42 Å². The van der Waals surface area contributed by atoms with Crippen LogP contribution in [0.4, 0.5) is 0 Å². The third kappa shape index (κ3) is 4.03. The molecule has 7 heteroatoms. The number of benzene rings is 1. The SMILES string of the molecule is CC1CN(C(=O)CSc2ccccc2)CC1c1nc(-c2ccncc2)no1. The van der Waals surface area contributed by atoms with Crippen LogP contribution in [-0.4, -0.2) is 44.8 Å². The normalized spacial score (nSPS) is 19.4. The quantitative estimate of drug-likeness (QED) is 0.631. The predicted octanol–water partition coefficient (Wildman–Crippen LogP) is 3.49. The fourth-order valence-corrected chi connectivity index (χ4v) is 4.07. The van der Waals surface area contributed by atoms with Crippen molar-refractivity contribution < 1.29 is 9.32 Å². The van der Waals surface area contributed by atoms with E-state index in [0.29, 0.717) is 30.6 Å². The molecule has 4 rings (SSSR count). The van der Waals surface area contributed by atoms with Gasteiger partial charge in [0.15, 0.2) is 0 Å². The minimum absolute atomic E-state index is 0.0683. The zero-order valence-corrected chi connectivity index (χ0v) is 15.8. The van der Waals surface area contributed by atoms with Crippen LogP contribution in [0.1, 0.15) is 18.7 Å². The predicted molar refractivity (Wildman–Crippen MR) is 103 cm³/mol. The van der Waals surface area contributed by atoms with E-state index in [4.69, 9.17) is 4.52 Å². The molecule has 1 aliphatic rings. The number of thioether (sulfide) groups is 1. The Morgan fingerprint density at radius 2 is 1.96 bits per heavy atom. The molecular weight excluding hydrogens is 360 g/mol. The number of likely N-dealkylation sites (tertiary alicyclic amines) is 1. The van der Waals surface area contributed by atoms with Crippen molar-refractivity contribution in [1.82, 2.24) is 20.0 Å². The van der Waals surface area contributed by atoms with Crippen molar-refractivity contribution in [2.45, 2.75) is 17.7 Å². The number of aromatic nitrogens is 3. The lowest BCUT2D eigenvalue weighted by molar-refractivity contribution is -0.127. The summed E-state index contributed by atoms with van der Waals surface area (Å²) in [6.45, 7) is 3.46. The van der Waals surface area contributed by atoms with Crippen molar-refractivity contribution in [3.63, 3.8) is 0 Å². The maximum Gasteiger partial charge on any atom is 0.232 e. The summed E-state index contributed by atoms with van der Waals surface area (Å²) in [4.78, 5) is 24.2. The summed E-state index contributed by atoms with van der Waals surface area (Å²) in [5.74, 6) is 2.09. The molecule has 2 atom stereocenters. The van der Waals surface area contributed by atoms with Crippen molar-refractivity contribution in [1.29, 1.82) is 0 Å². The van der Waals surface area contributed by atoms with Gasteiger partial charge in [-0.25, -0.2) is 0 Å². The molecular formula is C20H20N4O2S. The van der Waals surface area contributed by atoms with Gasteiger partial charge in [-0.2, -0.15) is 4.98 Å². The van der Waals surface area contributed by atoms with Crippen LogP contribution in [0, 0.1) is 5.92 Å². The molecule has 138 valence electrons. The molecule has 0 saturated carbocycles. The topological polar surface area (TPSA) is 72.1 Å². The number of nitrogens with zero attached hydrogens (tertiary/aromatic N) is 4. The maximum absolute atomic E-state index is 12.6. The third-order valence-corrected chi connectivity index (χ3v) is 5.76. The van der Waals surface area contributed by atoms with Crippen LogP contribution >= 0.6 is 11.8 Å². The summed E-state index contributed by atoms with van der Waals surface area (Å²) in [6.07, 6.45) is 3.41. The van der Waals surface area contributed by atoms with E-state index in [1.165, 1.54) is 0 Å². The van der Waals surface area contributed by atoms with Gasteiger partial charge >= 0.3 is 0 Å². The Bertz CT molecular complexity index is 901. The molecule has 2 unspecified atom stereocenters. The highest BCUT2D eigenvalue weighted by Crippen LogP contribution is 2.33. The van der Waals surface area contributed by atoms with Gasteiger partial charge in [-0.15, -0.1) is 11.8 Å². The monoisotopic (exact) mass is 380 g/mol. The lowest BCUT2D eigenvalue weighted by Crippen LogP contribution is -2.30. The summed E-state index contributed by atoms with van der Waals surface area (Å²) >= 11 is 1.57. The molecule has 0 bridgehead atoms. The van der Waals surface area contributed by atoms with Crippen LogP contribution in [0.3, 0.4) is 0 Å². The summed E-state index contributed by atoms with van der Waals surface area (Å²) in [6, 6.07) is 13.7. The van der Waals surface area contributed by atoms with Crippen LogP contribution in [0.15, 0.2) is 64.3 Å². The molecule has 1 saturated heterocycles. The van der Waals surface area contributed by atoms with Crippen LogP contribution in [0.5, 0.6) is 0 Å². The Morgan fingerprint density at radius 3 is 2.74 bits per heavy atom. The largest absolute Gasteiger partial charge is 0.341 e. The van der Waals surface area contributed by atoms with Gasteiger partial charge in [-0.05, 0) is 30.2 Å². The molecule has 3 heterocycles. The highest BCUT2D eigenvalue weighted by Gasteiger charge is 2.36. The number of pyridine rings is 1. The molecule has 6 nitrogen and oxygen atoms in total. The van der Waals surface area contributed by atoms with Gasteiger partial charge in [0, 0.05) is 35.9 Å². The number of amides is 1. The van der Waals surface area contributed by atoms with Gasteiger partial charge in [0.2, 0.25) is 17.6 Å². The summed E-state index contributed by atoms with van der Waals surface area (Å²) in [5, 5.41) is 4.09. The first-order valence-electron chi connectivity index (χ1n) is 8.90. The van der Waals surface area contributed by atoms with Gasteiger partial charge in [0.1, 0.15) is 0 Å². The van der Waals surface area contributed by atoms with Crippen LogP contribution in [-0.2, 0) is 4.79 Å². The molecule has 2 aromatic heterocycles. The number of carbonyl (C=O) groups is 1. The van der Waals surface area contributed by atoms with E-state index < -0.39 is 0 Å². The van der Waals surface area contributed by atoms with Crippen LogP contribution in [0.25, 0.3) is 11.4 Å². The second-order valence-electron chi connectivity index (χ2n) is 6.68. The first kappa shape index (κ1) is 17.7. The summed E-state index contributed by atoms with van der Waals surface area (Å²) in [5.41, 5.74) is 0.873. The minimum atomic E-state index is 0.0683. The minimum Gasteiger partial charge on any atom is -0.341 e. The average molecular weight is 380 g/mol. The Kier molecular flexibility index (Phi) is 5.20. The molecule has 1 fully saturated rings. The zero-order chi connectivity index (χ0) is 18.6. The van der Waals surface area contributed by atoms with Crippen LogP contribution < -0.4 is 0 Å². The van der Waals surface area contributed by atoms with Crippen LogP contribution in [0.2, 0.25) is 0 Å². The first-order chi connectivity index (χ1) is 13.2. The molecule has 1 aliphatic heterocycles. The maximum atomic E-state index is 12.6. The number of carbonyl (C=O) groups excluding carboxylic acids is 1. The molecule has 27 heavy (non-hydrogen) atoms. The van der Waals surface area contributed by atoms with E-state index >= 15 is 0 Å².